The fourth-order valence-corrected chi connectivity index (χ4v) is 6.56. The quantitative estimate of drug-likeness (QED) is 0.220. The molecule has 1 aromatic carbocycles. The van der Waals surface area contributed by atoms with Gasteiger partial charge < -0.3 is 4.90 Å². The lowest BCUT2D eigenvalue weighted by atomic mass is 9.73. The van der Waals surface area contributed by atoms with Gasteiger partial charge in [-0.1, -0.05) is 51.7 Å². The van der Waals surface area contributed by atoms with Crippen LogP contribution in [0.2, 0.25) is 0 Å². The minimum absolute atomic E-state index is 0.176. The van der Waals surface area contributed by atoms with Crippen molar-refractivity contribution in [3.8, 4) is 16.9 Å². The van der Waals surface area contributed by atoms with Crippen LogP contribution in [-0.4, -0.2) is 47.2 Å². The standard InChI is InChI=1S/C29H40F2N6O2S/c1-4-14-36(15-8-11-21(6-3)22-9-7-10-22)24-17-23(18-32-19-24)27-20-37(35-33-27)29-25(30)12-13-26(28(29)31)34-40(38,39)16-5-2/h12-13,17-22,34H,4-11,14-16H2,1-3H3. The maximum Gasteiger partial charge on any atom is 0.232 e. The summed E-state index contributed by atoms with van der Waals surface area (Å²) in [6.07, 6.45) is 13.9. The summed E-state index contributed by atoms with van der Waals surface area (Å²) in [5.74, 6) is -0.433. The molecule has 11 heteroatoms. The van der Waals surface area contributed by atoms with Crippen LogP contribution >= 0.6 is 0 Å². The SMILES string of the molecule is CCCN(CCCC(CC)C1CCC1)c1cncc(-c2cn(-c3c(F)ccc(NS(=O)(=O)CCC)c3F)nn2)c1. The third-order valence-corrected chi connectivity index (χ3v) is 9.23. The maximum absolute atomic E-state index is 15.3. The molecule has 2 heterocycles. The number of hydrogen-bond acceptors (Lipinski definition) is 6. The average molecular weight is 575 g/mol. The van der Waals surface area contributed by atoms with Gasteiger partial charge >= 0.3 is 0 Å². The molecule has 0 aliphatic heterocycles. The summed E-state index contributed by atoms with van der Waals surface area (Å²) < 4.78 is 57.5. The van der Waals surface area contributed by atoms with Crippen molar-refractivity contribution in [1.82, 2.24) is 20.0 Å². The highest BCUT2D eigenvalue weighted by Crippen LogP contribution is 2.37. The Hall–Kier alpha value is -3.08. The first-order valence-electron chi connectivity index (χ1n) is 14.4. The van der Waals surface area contributed by atoms with Gasteiger partial charge in [-0.3, -0.25) is 9.71 Å². The van der Waals surface area contributed by atoms with E-state index in [0.29, 0.717) is 17.7 Å². The zero-order valence-electron chi connectivity index (χ0n) is 23.6. The number of nitrogens with one attached hydrogen (secondary N) is 1. The van der Waals surface area contributed by atoms with E-state index in [9.17, 15) is 12.8 Å². The Balaban J connectivity index is 1.52. The molecule has 3 aromatic rings. The number of sulfonamides is 1. The Morgan fingerprint density at radius 2 is 1.93 bits per heavy atom. The number of hydrogen-bond donors (Lipinski definition) is 1. The second kappa shape index (κ2) is 13.5. The van der Waals surface area contributed by atoms with Crippen LogP contribution in [0.4, 0.5) is 20.2 Å². The summed E-state index contributed by atoms with van der Waals surface area (Å²) in [7, 11) is -3.76. The van der Waals surface area contributed by atoms with Crippen molar-refractivity contribution < 1.29 is 17.2 Å². The molecule has 8 nitrogen and oxygen atoms in total. The van der Waals surface area contributed by atoms with Crippen LogP contribution < -0.4 is 9.62 Å². The summed E-state index contributed by atoms with van der Waals surface area (Å²) in [6.45, 7) is 7.98. The molecule has 1 unspecified atom stereocenters. The Morgan fingerprint density at radius 3 is 2.60 bits per heavy atom. The molecule has 0 radical (unpaired) electrons. The van der Waals surface area contributed by atoms with Crippen LogP contribution in [0, 0.1) is 23.5 Å². The van der Waals surface area contributed by atoms with Gasteiger partial charge in [0.25, 0.3) is 0 Å². The third kappa shape index (κ3) is 7.16. The van der Waals surface area contributed by atoms with E-state index >= 15 is 4.39 Å². The molecule has 1 aliphatic rings. The van der Waals surface area contributed by atoms with Crippen molar-refractivity contribution >= 4 is 21.4 Å². The number of pyridine rings is 1. The van der Waals surface area contributed by atoms with Crippen molar-refractivity contribution in [2.45, 2.75) is 72.1 Å². The number of rotatable bonds is 15. The van der Waals surface area contributed by atoms with Gasteiger partial charge in [0.1, 0.15) is 11.4 Å². The van der Waals surface area contributed by atoms with E-state index in [4.69, 9.17) is 0 Å². The smallest absolute Gasteiger partial charge is 0.232 e. The predicted molar refractivity (Wildman–Crippen MR) is 155 cm³/mol. The number of benzene rings is 1. The highest BCUT2D eigenvalue weighted by molar-refractivity contribution is 7.92. The van der Waals surface area contributed by atoms with Crippen molar-refractivity contribution in [2.24, 2.45) is 11.8 Å². The van der Waals surface area contributed by atoms with E-state index in [1.165, 1.54) is 38.3 Å². The normalized spacial score (nSPS) is 14.6. The molecule has 218 valence electrons. The van der Waals surface area contributed by atoms with Gasteiger partial charge in [0.15, 0.2) is 11.6 Å². The van der Waals surface area contributed by atoms with E-state index in [-0.39, 0.29) is 11.4 Å². The lowest BCUT2D eigenvalue weighted by Crippen LogP contribution is -2.27. The minimum Gasteiger partial charge on any atom is -0.370 e. The number of aromatic nitrogens is 4. The molecule has 1 N–H and O–H groups in total. The molecule has 0 spiro atoms. The Morgan fingerprint density at radius 1 is 1.12 bits per heavy atom. The minimum atomic E-state index is -3.76. The Bertz CT molecular complexity index is 1380. The van der Waals surface area contributed by atoms with E-state index in [1.807, 2.05) is 12.3 Å². The van der Waals surface area contributed by atoms with E-state index in [1.54, 1.807) is 13.1 Å². The van der Waals surface area contributed by atoms with Gasteiger partial charge in [-0.05, 0) is 55.7 Å². The fraction of sp³-hybridized carbons (Fsp3) is 0.552. The lowest BCUT2D eigenvalue weighted by Gasteiger charge is -2.34. The first-order chi connectivity index (χ1) is 19.3. The topological polar surface area (TPSA) is 93.0 Å². The molecule has 0 amide bonds. The zero-order valence-corrected chi connectivity index (χ0v) is 24.4. The van der Waals surface area contributed by atoms with E-state index in [2.05, 4.69) is 38.8 Å². The molecule has 1 aliphatic carbocycles. The van der Waals surface area contributed by atoms with Gasteiger partial charge in [-0.25, -0.2) is 21.9 Å². The third-order valence-electron chi connectivity index (χ3n) is 7.75. The zero-order chi connectivity index (χ0) is 28.7. The monoisotopic (exact) mass is 574 g/mol. The van der Waals surface area contributed by atoms with Crippen LogP contribution in [0.15, 0.2) is 36.8 Å². The van der Waals surface area contributed by atoms with E-state index in [0.717, 1.165) is 60.3 Å². The van der Waals surface area contributed by atoms with Crippen LogP contribution in [0.3, 0.4) is 0 Å². The van der Waals surface area contributed by atoms with Crippen molar-refractivity contribution in [1.29, 1.82) is 0 Å². The molecule has 0 bridgehead atoms. The molecule has 2 aromatic heterocycles. The molecule has 1 saturated carbocycles. The molecule has 1 fully saturated rings. The van der Waals surface area contributed by atoms with Crippen LogP contribution in [0.1, 0.15) is 72.1 Å². The summed E-state index contributed by atoms with van der Waals surface area (Å²) >= 11 is 0. The summed E-state index contributed by atoms with van der Waals surface area (Å²) in [4.78, 5) is 6.75. The van der Waals surface area contributed by atoms with Gasteiger partial charge in [0, 0.05) is 24.8 Å². The summed E-state index contributed by atoms with van der Waals surface area (Å²) in [5.41, 5.74) is 1.19. The van der Waals surface area contributed by atoms with Crippen LogP contribution in [-0.2, 0) is 10.0 Å². The highest BCUT2D eigenvalue weighted by Gasteiger charge is 2.26. The maximum atomic E-state index is 15.3. The van der Waals surface area contributed by atoms with Crippen molar-refractivity contribution in [3.05, 3.63) is 48.4 Å². The van der Waals surface area contributed by atoms with E-state index < -0.39 is 27.3 Å². The lowest BCUT2D eigenvalue weighted by molar-refractivity contribution is 0.188. The molecule has 4 rings (SSSR count). The fourth-order valence-electron chi connectivity index (χ4n) is 5.43. The van der Waals surface area contributed by atoms with Crippen LogP contribution in [0.25, 0.3) is 16.9 Å². The molecule has 0 saturated heterocycles. The first kappa shape index (κ1) is 29.9. The van der Waals surface area contributed by atoms with Gasteiger partial charge in [0.2, 0.25) is 10.0 Å². The second-order valence-electron chi connectivity index (χ2n) is 10.6. The number of nitrogens with zero attached hydrogens (tertiary/aromatic N) is 5. The molecule has 40 heavy (non-hydrogen) atoms. The molecular formula is C29H40F2N6O2S. The second-order valence-corrected chi connectivity index (χ2v) is 12.5. The average Bonchev–Trinajstić information content (AvgIpc) is 3.38. The molecule has 1 atom stereocenters. The number of anilines is 2. The van der Waals surface area contributed by atoms with Gasteiger partial charge in [-0.15, -0.1) is 5.10 Å². The van der Waals surface area contributed by atoms with Gasteiger partial charge in [-0.2, -0.15) is 0 Å². The molecular weight excluding hydrogens is 534 g/mol. The Labute approximate surface area is 236 Å². The van der Waals surface area contributed by atoms with Crippen molar-refractivity contribution in [3.63, 3.8) is 0 Å². The predicted octanol–water partition coefficient (Wildman–Crippen LogP) is 6.58. The summed E-state index contributed by atoms with van der Waals surface area (Å²) in [5, 5.41) is 8.08. The van der Waals surface area contributed by atoms with Crippen molar-refractivity contribution in [2.75, 3.05) is 28.5 Å². The highest BCUT2D eigenvalue weighted by atomic mass is 32.2. The first-order valence-corrected chi connectivity index (χ1v) is 16.0. The Kier molecular flexibility index (Phi) is 10.1. The van der Waals surface area contributed by atoms with Gasteiger partial charge in [0.05, 0.1) is 29.5 Å². The largest absolute Gasteiger partial charge is 0.370 e. The number of halogens is 2. The van der Waals surface area contributed by atoms with Crippen LogP contribution in [0.5, 0.6) is 0 Å². The summed E-state index contributed by atoms with van der Waals surface area (Å²) in [6, 6.07) is 4.04.